The van der Waals surface area contributed by atoms with Crippen LogP contribution in [0.15, 0.2) is 54.6 Å². The van der Waals surface area contributed by atoms with Crippen molar-refractivity contribution >= 4 is 23.7 Å². The Morgan fingerprint density at radius 2 is 1.79 bits per heavy atom. The fraction of sp³-hybridized carbons (Fsp3) is 0.360. The lowest BCUT2D eigenvalue weighted by Crippen LogP contribution is -2.71. The molecule has 2 aliphatic heterocycles. The standard InChI is InChI=1S/C25H27N3O6/c1-16(34-15-17-7-4-3-5-8-17)21-24(31)28-12-11-27(14-20(28)22(29)26-21)23(30)18-9-6-10-19(13-18)25(32)33-2/h3-10,13,16,20-21H,11-12,14-15H2,1-2H3,(H,26,29)/t16-,20+,21-/m0/s1. The highest BCUT2D eigenvalue weighted by Crippen LogP contribution is 2.21. The molecule has 0 aliphatic carbocycles. The number of nitrogens with zero attached hydrogens (tertiary/aromatic N) is 2. The third-order valence-corrected chi connectivity index (χ3v) is 6.17. The Hall–Kier alpha value is -3.72. The Bertz CT molecular complexity index is 1090. The van der Waals surface area contributed by atoms with E-state index >= 15 is 0 Å². The van der Waals surface area contributed by atoms with E-state index in [0.29, 0.717) is 12.2 Å². The Balaban J connectivity index is 1.40. The fourth-order valence-electron chi connectivity index (χ4n) is 4.24. The van der Waals surface area contributed by atoms with Crippen molar-refractivity contribution in [3.05, 3.63) is 71.3 Å². The molecule has 2 heterocycles. The molecule has 0 spiro atoms. The number of nitrogens with one attached hydrogen (secondary N) is 1. The minimum atomic E-state index is -0.786. The molecule has 0 unspecified atom stereocenters. The van der Waals surface area contributed by atoms with Crippen molar-refractivity contribution in [2.24, 2.45) is 0 Å². The van der Waals surface area contributed by atoms with Crippen molar-refractivity contribution in [1.82, 2.24) is 15.1 Å². The van der Waals surface area contributed by atoms with Crippen molar-refractivity contribution in [2.75, 3.05) is 26.7 Å². The van der Waals surface area contributed by atoms with Gasteiger partial charge in [-0.3, -0.25) is 14.4 Å². The molecule has 2 aliphatic rings. The van der Waals surface area contributed by atoms with Gasteiger partial charge in [0.05, 0.1) is 31.9 Å². The van der Waals surface area contributed by atoms with Gasteiger partial charge in [0.2, 0.25) is 11.8 Å². The maximum Gasteiger partial charge on any atom is 0.337 e. The first kappa shape index (κ1) is 23.4. The van der Waals surface area contributed by atoms with Crippen LogP contribution in [0.4, 0.5) is 0 Å². The second-order valence-electron chi connectivity index (χ2n) is 8.36. The van der Waals surface area contributed by atoms with E-state index in [2.05, 4.69) is 5.32 Å². The summed E-state index contributed by atoms with van der Waals surface area (Å²) in [6, 6.07) is 14.3. The number of fused-ring (bicyclic) bond motifs is 1. The van der Waals surface area contributed by atoms with E-state index in [0.717, 1.165) is 5.56 Å². The second kappa shape index (κ2) is 10.0. The van der Waals surface area contributed by atoms with Crippen LogP contribution in [0.3, 0.4) is 0 Å². The molecule has 0 bridgehead atoms. The lowest BCUT2D eigenvalue weighted by molar-refractivity contribution is -0.156. The van der Waals surface area contributed by atoms with E-state index in [9.17, 15) is 19.2 Å². The van der Waals surface area contributed by atoms with Crippen LogP contribution in [0.25, 0.3) is 0 Å². The average Bonchev–Trinajstić information content (AvgIpc) is 2.88. The minimum absolute atomic E-state index is 0.0742. The van der Waals surface area contributed by atoms with Crippen LogP contribution in [0.2, 0.25) is 0 Å². The van der Waals surface area contributed by atoms with E-state index in [1.807, 2.05) is 30.3 Å². The zero-order valence-corrected chi connectivity index (χ0v) is 19.1. The molecule has 1 N–H and O–H groups in total. The van der Waals surface area contributed by atoms with E-state index in [-0.39, 0.29) is 42.9 Å². The van der Waals surface area contributed by atoms with Crippen LogP contribution in [0.1, 0.15) is 33.2 Å². The SMILES string of the molecule is COC(=O)c1cccc(C(=O)N2CCN3C(=O)[C@H]([C@H](C)OCc4ccccc4)NC(=O)[C@H]3C2)c1. The minimum Gasteiger partial charge on any atom is -0.465 e. The Kier molecular flexibility index (Phi) is 6.93. The van der Waals surface area contributed by atoms with E-state index < -0.39 is 24.2 Å². The molecule has 0 aromatic heterocycles. The number of amides is 3. The molecule has 2 fully saturated rings. The molecular formula is C25H27N3O6. The summed E-state index contributed by atoms with van der Waals surface area (Å²) in [4.78, 5) is 53.9. The van der Waals surface area contributed by atoms with Crippen molar-refractivity contribution in [2.45, 2.75) is 31.7 Å². The summed E-state index contributed by atoms with van der Waals surface area (Å²) in [7, 11) is 1.27. The lowest BCUT2D eigenvalue weighted by atomic mass is 10.0. The highest BCUT2D eigenvalue weighted by atomic mass is 16.5. The number of benzene rings is 2. The van der Waals surface area contributed by atoms with Gasteiger partial charge < -0.3 is 24.6 Å². The monoisotopic (exact) mass is 465 g/mol. The Morgan fingerprint density at radius 1 is 1.06 bits per heavy atom. The fourth-order valence-corrected chi connectivity index (χ4v) is 4.24. The van der Waals surface area contributed by atoms with E-state index in [4.69, 9.17) is 9.47 Å². The van der Waals surface area contributed by atoms with Crippen LogP contribution in [-0.4, -0.2) is 78.4 Å². The normalized spacial score (nSPS) is 20.9. The first-order valence-electron chi connectivity index (χ1n) is 11.1. The number of piperazine rings is 2. The topological polar surface area (TPSA) is 105 Å². The maximum atomic E-state index is 13.1. The highest BCUT2D eigenvalue weighted by molar-refractivity contribution is 6.00. The molecule has 9 nitrogen and oxygen atoms in total. The molecule has 178 valence electrons. The number of esters is 1. The van der Waals surface area contributed by atoms with Crippen LogP contribution >= 0.6 is 0 Å². The number of hydrogen-bond donors (Lipinski definition) is 1. The zero-order valence-electron chi connectivity index (χ0n) is 19.1. The molecule has 2 aromatic carbocycles. The number of rotatable bonds is 6. The van der Waals surface area contributed by atoms with Gasteiger partial charge in [-0.05, 0) is 30.7 Å². The number of hydrogen-bond acceptors (Lipinski definition) is 6. The van der Waals surface area contributed by atoms with Crippen molar-refractivity contribution < 1.29 is 28.7 Å². The molecular weight excluding hydrogens is 438 g/mol. The van der Waals surface area contributed by atoms with Gasteiger partial charge in [0.15, 0.2) is 0 Å². The third-order valence-electron chi connectivity index (χ3n) is 6.17. The summed E-state index contributed by atoms with van der Waals surface area (Å²) in [6.07, 6.45) is -0.515. The lowest BCUT2D eigenvalue weighted by Gasteiger charge is -2.46. The molecule has 2 saturated heterocycles. The smallest absolute Gasteiger partial charge is 0.337 e. The van der Waals surface area contributed by atoms with Crippen LogP contribution in [0.5, 0.6) is 0 Å². The molecule has 0 radical (unpaired) electrons. The number of carbonyl (C=O) groups is 4. The summed E-state index contributed by atoms with van der Waals surface area (Å²) in [5.41, 5.74) is 1.56. The van der Waals surface area contributed by atoms with Crippen LogP contribution < -0.4 is 5.32 Å². The van der Waals surface area contributed by atoms with Gasteiger partial charge in [0.25, 0.3) is 5.91 Å². The molecule has 0 saturated carbocycles. The number of carbonyl (C=O) groups excluding carboxylic acids is 4. The highest BCUT2D eigenvalue weighted by Gasteiger charge is 2.46. The average molecular weight is 466 g/mol. The first-order chi connectivity index (χ1) is 16.4. The van der Waals surface area contributed by atoms with Gasteiger partial charge >= 0.3 is 5.97 Å². The van der Waals surface area contributed by atoms with E-state index in [1.54, 1.807) is 25.1 Å². The molecule has 9 heteroatoms. The third kappa shape index (κ3) is 4.79. The summed E-state index contributed by atoms with van der Waals surface area (Å²) in [5, 5.41) is 2.78. The maximum absolute atomic E-state index is 13.1. The molecule has 2 aromatic rings. The van der Waals surface area contributed by atoms with Gasteiger partial charge in [-0.2, -0.15) is 0 Å². The van der Waals surface area contributed by atoms with Gasteiger partial charge in [-0.25, -0.2) is 4.79 Å². The van der Waals surface area contributed by atoms with E-state index in [1.165, 1.54) is 23.0 Å². The van der Waals surface area contributed by atoms with Gasteiger partial charge in [0.1, 0.15) is 12.1 Å². The summed E-state index contributed by atoms with van der Waals surface area (Å²) < 4.78 is 10.6. The summed E-state index contributed by atoms with van der Waals surface area (Å²) in [6.45, 7) is 2.69. The predicted molar refractivity (Wildman–Crippen MR) is 122 cm³/mol. The Morgan fingerprint density at radius 3 is 2.53 bits per heavy atom. The van der Waals surface area contributed by atoms with Crippen LogP contribution in [0, 0.1) is 0 Å². The largest absolute Gasteiger partial charge is 0.465 e. The van der Waals surface area contributed by atoms with Gasteiger partial charge in [-0.1, -0.05) is 36.4 Å². The molecule has 4 rings (SSSR count). The quantitative estimate of drug-likeness (QED) is 0.644. The molecule has 3 amide bonds. The zero-order chi connectivity index (χ0) is 24.2. The van der Waals surface area contributed by atoms with Crippen molar-refractivity contribution in [1.29, 1.82) is 0 Å². The summed E-state index contributed by atoms with van der Waals surface area (Å²) in [5.74, 6) is -1.38. The Labute approximate surface area is 197 Å². The summed E-state index contributed by atoms with van der Waals surface area (Å²) >= 11 is 0. The predicted octanol–water partition coefficient (Wildman–Crippen LogP) is 1.23. The first-order valence-corrected chi connectivity index (χ1v) is 11.1. The second-order valence-corrected chi connectivity index (χ2v) is 8.36. The molecule has 34 heavy (non-hydrogen) atoms. The van der Waals surface area contributed by atoms with Gasteiger partial charge in [0, 0.05) is 18.7 Å². The number of methoxy groups -OCH3 is 1. The molecule has 3 atom stereocenters. The van der Waals surface area contributed by atoms with Gasteiger partial charge in [-0.15, -0.1) is 0 Å². The van der Waals surface area contributed by atoms with Crippen LogP contribution in [-0.2, 0) is 25.7 Å². The van der Waals surface area contributed by atoms with Crippen molar-refractivity contribution in [3.8, 4) is 0 Å². The number of ether oxygens (including phenoxy) is 2. The van der Waals surface area contributed by atoms with Crippen molar-refractivity contribution in [3.63, 3.8) is 0 Å².